The van der Waals surface area contributed by atoms with Gasteiger partial charge in [0.25, 0.3) is 0 Å². The summed E-state index contributed by atoms with van der Waals surface area (Å²) in [6, 6.07) is 13.4. The molecule has 0 fully saturated rings. The van der Waals surface area contributed by atoms with Gasteiger partial charge < -0.3 is 17.8 Å². The lowest BCUT2D eigenvalue weighted by molar-refractivity contribution is 0.122. The van der Waals surface area contributed by atoms with Gasteiger partial charge in [0.2, 0.25) is 0 Å². The van der Waals surface area contributed by atoms with Crippen molar-refractivity contribution in [3.05, 3.63) is 48.2 Å². The lowest BCUT2D eigenvalue weighted by atomic mass is 10.1. The standard InChI is InChI=1S/C17H25NO3Si/c1-5-11-18-12-7-10-17(18)16-9-6-8-15(13-16)14-22(19-2,20-3)21-4/h6-10,12-13H,5,11,14H2,1-4H3. The lowest BCUT2D eigenvalue weighted by Gasteiger charge is -2.24. The molecule has 0 saturated heterocycles. The first kappa shape index (κ1) is 17.0. The van der Waals surface area contributed by atoms with E-state index in [2.05, 4.69) is 54.1 Å². The normalized spacial score (nSPS) is 11.8. The Hall–Kier alpha value is -1.40. The molecule has 0 radical (unpaired) electrons. The van der Waals surface area contributed by atoms with Gasteiger partial charge in [-0.05, 0) is 35.7 Å². The third-order valence-electron chi connectivity index (χ3n) is 3.87. The minimum atomic E-state index is -2.60. The maximum atomic E-state index is 5.52. The average molecular weight is 319 g/mol. The van der Waals surface area contributed by atoms with Crippen molar-refractivity contribution in [2.75, 3.05) is 21.3 Å². The highest BCUT2D eigenvalue weighted by atomic mass is 28.4. The van der Waals surface area contributed by atoms with Crippen molar-refractivity contribution in [3.8, 4) is 11.3 Å². The fraction of sp³-hybridized carbons (Fsp3) is 0.412. The Labute approximate surface area is 134 Å². The van der Waals surface area contributed by atoms with Gasteiger partial charge >= 0.3 is 8.80 Å². The number of benzene rings is 1. The molecule has 0 unspecified atom stereocenters. The van der Waals surface area contributed by atoms with Crippen molar-refractivity contribution < 1.29 is 13.3 Å². The molecule has 1 aromatic heterocycles. The van der Waals surface area contributed by atoms with E-state index in [1.807, 2.05) is 0 Å². The van der Waals surface area contributed by atoms with Crippen LogP contribution in [0.25, 0.3) is 11.3 Å². The van der Waals surface area contributed by atoms with Crippen molar-refractivity contribution in [2.24, 2.45) is 0 Å². The third-order valence-corrected chi connectivity index (χ3v) is 6.58. The Kier molecular flexibility index (Phi) is 5.96. The van der Waals surface area contributed by atoms with Crippen molar-refractivity contribution in [1.82, 2.24) is 4.57 Å². The van der Waals surface area contributed by atoms with Gasteiger partial charge in [-0.1, -0.05) is 25.1 Å². The number of hydrogen-bond acceptors (Lipinski definition) is 3. The van der Waals surface area contributed by atoms with Gasteiger partial charge in [0.15, 0.2) is 0 Å². The molecule has 2 rings (SSSR count). The number of hydrogen-bond donors (Lipinski definition) is 0. The summed E-state index contributed by atoms with van der Waals surface area (Å²) in [7, 11) is 2.34. The van der Waals surface area contributed by atoms with Crippen LogP contribution in [0, 0.1) is 0 Å². The molecule has 22 heavy (non-hydrogen) atoms. The van der Waals surface area contributed by atoms with Crippen molar-refractivity contribution >= 4 is 8.80 Å². The lowest BCUT2D eigenvalue weighted by Crippen LogP contribution is -2.45. The second kappa shape index (κ2) is 7.74. The molecule has 1 heterocycles. The fourth-order valence-electron chi connectivity index (χ4n) is 2.67. The Bertz CT molecular complexity index is 585. The SMILES string of the molecule is CCCn1cccc1-c1cccc(C[Si](OC)(OC)OC)c1. The summed E-state index contributed by atoms with van der Waals surface area (Å²) < 4.78 is 18.9. The van der Waals surface area contributed by atoms with Crippen LogP contribution in [0.3, 0.4) is 0 Å². The molecular weight excluding hydrogens is 294 g/mol. The Morgan fingerprint density at radius 3 is 2.36 bits per heavy atom. The van der Waals surface area contributed by atoms with Crippen LogP contribution in [0.15, 0.2) is 42.6 Å². The van der Waals surface area contributed by atoms with E-state index in [-0.39, 0.29) is 0 Å². The zero-order valence-electron chi connectivity index (χ0n) is 13.8. The van der Waals surface area contributed by atoms with E-state index in [1.54, 1.807) is 21.3 Å². The summed E-state index contributed by atoms with van der Waals surface area (Å²) in [6.07, 6.45) is 3.25. The van der Waals surface area contributed by atoms with Crippen LogP contribution in [0.5, 0.6) is 0 Å². The van der Waals surface area contributed by atoms with Crippen molar-refractivity contribution in [2.45, 2.75) is 25.9 Å². The number of rotatable bonds is 8. The van der Waals surface area contributed by atoms with Gasteiger partial charge in [-0.3, -0.25) is 0 Å². The molecule has 0 aliphatic carbocycles. The Balaban J connectivity index is 2.28. The van der Waals surface area contributed by atoms with Gasteiger partial charge in [0, 0.05) is 45.8 Å². The van der Waals surface area contributed by atoms with Gasteiger partial charge in [0.1, 0.15) is 0 Å². The Morgan fingerprint density at radius 1 is 1.00 bits per heavy atom. The highest BCUT2D eigenvalue weighted by Gasteiger charge is 2.38. The molecule has 0 aliphatic heterocycles. The number of aromatic nitrogens is 1. The second-order valence-electron chi connectivity index (χ2n) is 5.26. The van der Waals surface area contributed by atoms with Crippen LogP contribution in [0.4, 0.5) is 0 Å². The van der Waals surface area contributed by atoms with Crippen LogP contribution in [0.2, 0.25) is 0 Å². The van der Waals surface area contributed by atoms with Crippen LogP contribution >= 0.6 is 0 Å². The summed E-state index contributed by atoms with van der Waals surface area (Å²) >= 11 is 0. The molecule has 5 heteroatoms. The monoisotopic (exact) mass is 319 g/mol. The van der Waals surface area contributed by atoms with E-state index in [4.69, 9.17) is 13.3 Å². The maximum absolute atomic E-state index is 5.52. The van der Waals surface area contributed by atoms with Crippen LogP contribution in [0.1, 0.15) is 18.9 Å². The largest absolute Gasteiger partial charge is 0.504 e. The first-order valence-corrected chi connectivity index (χ1v) is 9.51. The highest BCUT2D eigenvalue weighted by molar-refractivity contribution is 6.60. The smallest absolute Gasteiger partial charge is 0.377 e. The van der Waals surface area contributed by atoms with E-state index < -0.39 is 8.80 Å². The average Bonchev–Trinajstić information content (AvgIpc) is 3.02. The van der Waals surface area contributed by atoms with Gasteiger partial charge in [-0.15, -0.1) is 0 Å². The maximum Gasteiger partial charge on any atom is 0.504 e. The van der Waals surface area contributed by atoms with E-state index in [9.17, 15) is 0 Å². The molecule has 0 N–H and O–H groups in total. The third kappa shape index (κ3) is 3.67. The van der Waals surface area contributed by atoms with Crippen molar-refractivity contribution in [1.29, 1.82) is 0 Å². The first-order valence-electron chi connectivity index (χ1n) is 7.58. The predicted molar refractivity (Wildman–Crippen MR) is 90.6 cm³/mol. The van der Waals surface area contributed by atoms with Crippen molar-refractivity contribution in [3.63, 3.8) is 0 Å². The summed E-state index contributed by atoms with van der Waals surface area (Å²) in [6.45, 7) is 3.22. The summed E-state index contributed by atoms with van der Waals surface area (Å²) in [5.41, 5.74) is 3.62. The fourth-order valence-corrected chi connectivity index (χ4v) is 4.32. The molecule has 2 aromatic rings. The first-order chi connectivity index (χ1) is 10.7. The molecule has 0 bridgehead atoms. The molecule has 4 nitrogen and oxygen atoms in total. The molecule has 0 spiro atoms. The summed E-state index contributed by atoms with van der Waals surface area (Å²) in [5, 5.41) is 0. The number of nitrogens with zero attached hydrogens (tertiary/aromatic N) is 1. The van der Waals surface area contributed by atoms with Crippen LogP contribution < -0.4 is 0 Å². The minimum Gasteiger partial charge on any atom is -0.377 e. The minimum absolute atomic E-state index is 0.666. The quantitative estimate of drug-likeness (QED) is 0.698. The highest BCUT2D eigenvalue weighted by Crippen LogP contribution is 2.24. The Morgan fingerprint density at radius 2 is 1.73 bits per heavy atom. The van der Waals surface area contributed by atoms with E-state index >= 15 is 0 Å². The second-order valence-corrected chi connectivity index (χ2v) is 8.20. The van der Waals surface area contributed by atoms with Gasteiger partial charge in [0.05, 0.1) is 0 Å². The number of aryl methyl sites for hydroxylation is 1. The van der Waals surface area contributed by atoms with E-state index in [0.717, 1.165) is 13.0 Å². The molecule has 120 valence electrons. The molecule has 1 aromatic carbocycles. The predicted octanol–water partition coefficient (Wildman–Crippen LogP) is 3.52. The molecule has 0 saturated carbocycles. The topological polar surface area (TPSA) is 32.6 Å². The zero-order valence-corrected chi connectivity index (χ0v) is 14.8. The summed E-state index contributed by atoms with van der Waals surface area (Å²) in [4.78, 5) is 0. The molecule has 0 aliphatic rings. The zero-order chi connectivity index (χ0) is 16.0. The molecule has 0 amide bonds. The molecule has 0 atom stereocenters. The van der Waals surface area contributed by atoms with E-state index in [0.29, 0.717) is 6.04 Å². The van der Waals surface area contributed by atoms with Crippen LogP contribution in [-0.2, 0) is 25.9 Å². The van der Waals surface area contributed by atoms with Crippen LogP contribution in [-0.4, -0.2) is 34.7 Å². The molecular formula is C17H25NO3Si. The van der Waals surface area contributed by atoms with Gasteiger partial charge in [-0.2, -0.15) is 0 Å². The van der Waals surface area contributed by atoms with E-state index in [1.165, 1.54) is 16.8 Å². The van der Waals surface area contributed by atoms with Gasteiger partial charge in [-0.25, -0.2) is 0 Å². The summed E-state index contributed by atoms with van der Waals surface area (Å²) in [5.74, 6) is 0.